The highest BCUT2D eigenvalue weighted by Crippen LogP contribution is 2.42. The number of hydrogen-bond acceptors (Lipinski definition) is 8. The predicted molar refractivity (Wildman–Crippen MR) is 162 cm³/mol. The highest BCUT2D eigenvalue weighted by molar-refractivity contribution is 7.80. The van der Waals surface area contributed by atoms with E-state index in [2.05, 4.69) is 21.7 Å². The van der Waals surface area contributed by atoms with Crippen molar-refractivity contribution in [3.63, 3.8) is 0 Å². The van der Waals surface area contributed by atoms with E-state index in [-0.39, 0.29) is 46.3 Å². The molecule has 1 aliphatic carbocycles. The van der Waals surface area contributed by atoms with Crippen molar-refractivity contribution in [2.45, 2.75) is 18.9 Å². The lowest BCUT2D eigenvalue weighted by molar-refractivity contribution is -0.368. The number of thiocarbonyl (C=S) groups is 1. The van der Waals surface area contributed by atoms with Gasteiger partial charge in [0.1, 0.15) is 23.7 Å². The molecule has 0 fully saturated rings. The fourth-order valence-electron chi connectivity index (χ4n) is 4.55. The van der Waals surface area contributed by atoms with Crippen molar-refractivity contribution in [2.75, 3.05) is 25.0 Å². The number of primary amides is 1. The third kappa shape index (κ3) is 7.75. The monoisotopic (exact) mass is 608 g/mol. The zero-order chi connectivity index (χ0) is 31.1. The number of nitrogens with two attached hydrogens (primary N) is 1. The first-order valence-electron chi connectivity index (χ1n) is 13.2. The number of aromatic hydroxyl groups is 1. The summed E-state index contributed by atoms with van der Waals surface area (Å²) in [6, 6.07) is 12.8. The molecule has 13 nitrogen and oxygen atoms in total. The number of nitrogens with one attached hydrogen (secondary N) is 3. The summed E-state index contributed by atoms with van der Waals surface area (Å²) in [4.78, 5) is 47.8. The van der Waals surface area contributed by atoms with Crippen molar-refractivity contribution in [3.05, 3.63) is 70.4 Å². The summed E-state index contributed by atoms with van der Waals surface area (Å²) < 4.78 is 10.7. The number of carbonyl (C=O) groups is 3. The number of phenols is 1. The third-order valence-electron chi connectivity index (χ3n) is 6.46. The normalized spacial score (nSPS) is 11.6. The summed E-state index contributed by atoms with van der Waals surface area (Å²) in [5, 5.41) is 29.1. The Labute approximate surface area is 250 Å². The minimum Gasteiger partial charge on any atom is -0.508 e. The van der Waals surface area contributed by atoms with Crippen molar-refractivity contribution in [3.8, 4) is 28.2 Å². The Morgan fingerprint density at radius 2 is 1.84 bits per heavy atom. The van der Waals surface area contributed by atoms with Crippen molar-refractivity contribution < 1.29 is 39.5 Å². The highest BCUT2D eigenvalue weighted by atomic mass is 32.1. The smallest absolute Gasteiger partial charge is 0.404 e. The van der Waals surface area contributed by atoms with Crippen LogP contribution in [0.5, 0.6) is 5.75 Å². The molecule has 1 heterocycles. The standard InChI is InChI=1S/C29H29N5O8S/c30-9-1-2-16(14-41-28(31)40)33-25(37)13-32-29(43)34-15-3-6-19(22(10-15)27(38)39)26-20-7-4-17(35)11-23(20)42-24-12-18(36)5-8-21(24)26/h3-8,10-12,16,35H,1-2,9,13-14,30H2,(H2,31,40)(H,33,37)(H,38,39)(H2,32,34,43)/p+1/t16-/m0/s1. The molecular weight excluding hydrogens is 578 g/mol. The maximum absolute atomic E-state index is 12.5. The molecule has 2 aromatic carbocycles. The second-order valence-corrected chi connectivity index (χ2v) is 9.99. The lowest BCUT2D eigenvalue weighted by Gasteiger charge is -2.19. The van der Waals surface area contributed by atoms with E-state index in [4.69, 9.17) is 27.1 Å². The zero-order valence-electron chi connectivity index (χ0n) is 22.8. The van der Waals surface area contributed by atoms with Crippen LogP contribution in [-0.4, -0.2) is 59.0 Å². The summed E-state index contributed by atoms with van der Waals surface area (Å²) in [7, 11) is 0. The van der Waals surface area contributed by atoms with E-state index in [1.807, 2.05) is 0 Å². The van der Waals surface area contributed by atoms with Crippen LogP contribution in [0.1, 0.15) is 23.2 Å². The van der Waals surface area contributed by atoms with Gasteiger partial charge in [0.25, 0.3) is 0 Å². The average molecular weight is 609 g/mol. The second-order valence-electron chi connectivity index (χ2n) is 9.58. The van der Waals surface area contributed by atoms with Crippen LogP contribution in [-0.2, 0) is 9.53 Å². The number of anilines is 1. The molecule has 4 rings (SSSR count). The molecule has 14 heteroatoms. The van der Waals surface area contributed by atoms with Gasteiger partial charge in [-0.1, -0.05) is 6.07 Å². The quantitative estimate of drug-likeness (QED) is 0.0962. The molecule has 10 N–H and O–H groups in total. The molecule has 0 unspecified atom stereocenters. The van der Waals surface area contributed by atoms with E-state index in [0.29, 0.717) is 47.2 Å². The molecular formula is C29H30N5O8S+. The van der Waals surface area contributed by atoms with Crippen LogP contribution >= 0.6 is 12.2 Å². The number of rotatable bonds is 11. The molecule has 2 amide bonds. The molecule has 0 aromatic heterocycles. The van der Waals surface area contributed by atoms with E-state index in [1.165, 1.54) is 30.3 Å². The first-order chi connectivity index (χ1) is 20.5. The first kappa shape index (κ1) is 30.7. The second kappa shape index (κ2) is 13.6. The fourth-order valence-corrected chi connectivity index (χ4v) is 4.74. The van der Waals surface area contributed by atoms with Crippen molar-refractivity contribution in [1.82, 2.24) is 10.6 Å². The number of carbonyl (C=O) groups excluding carboxylic acids is 2. The zero-order valence-corrected chi connectivity index (χ0v) is 23.7. The van der Waals surface area contributed by atoms with E-state index < -0.39 is 24.0 Å². The molecule has 0 spiro atoms. The fraction of sp³-hybridized carbons (Fsp3) is 0.207. The Morgan fingerprint density at radius 1 is 1.07 bits per heavy atom. The number of quaternary nitrogens is 1. The third-order valence-corrected chi connectivity index (χ3v) is 6.70. The molecule has 2 aromatic rings. The molecule has 2 aliphatic rings. The predicted octanol–water partition coefficient (Wildman–Crippen LogP) is 1.86. The molecule has 1 atom stereocenters. The number of aromatic carboxylic acids is 1. The van der Waals surface area contributed by atoms with Gasteiger partial charge in [-0.3, -0.25) is 9.59 Å². The molecule has 0 bridgehead atoms. The van der Waals surface area contributed by atoms with Gasteiger partial charge in [0.15, 0.2) is 10.5 Å². The molecule has 0 saturated heterocycles. The van der Waals surface area contributed by atoms with E-state index in [0.717, 1.165) is 0 Å². The van der Waals surface area contributed by atoms with Crippen LogP contribution in [0, 0.1) is 0 Å². The van der Waals surface area contributed by atoms with Gasteiger partial charge in [0, 0.05) is 34.3 Å². The number of carboxylic acid groups (broad SMARTS) is 1. The van der Waals surface area contributed by atoms with Gasteiger partial charge in [-0.25, -0.2) is 9.59 Å². The Hall–Kier alpha value is -5.21. The Kier molecular flexibility index (Phi) is 9.75. The molecule has 224 valence electrons. The molecule has 0 saturated carbocycles. The molecule has 0 radical (unpaired) electrons. The summed E-state index contributed by atoms with van der Waals surface area (Å²) in [6.07, 6.45) is 0.298. The highest BCUT2D eigenvalue weighted by Gasteiger charge is 2.22. The molecule has 1 aliphatic heterocycles. The van der Waals surface area contributed by atoms with E-state index in [1.54, 1.807) is 24.3 Å². The van der Waals surface area contributed by atoms with E-state index in [9.17, 15) is 29.4 Å². The van der Waals surface area contributed by atoms with Crippen molar-refractivity contribution >= 4 is 52.0 Å². The summed E-state index contributed by atoms with van der Waals surface area (Å²) >= 11 is 5.30. The van der Waals surface area contributed by atoms with Gasteiger partial charge in [-0.05, 0) is 67.0 Å². The lowest BCUT2D eigenvalue weighted by atomic mass is 9.90. The topological polar surface area (TPSA) is 221 Å². The average Bonchev–Trinajstić information content (AvgIpc) is 2.96. The number of phenolic OH excluding ortho intramolecular Hbond substituents is 1. The van der Waals surface area contributed by atoms with Crippen LogP contribution in [0.4, 0.5) is 10.5 Å². The van der Waals surface area contributed by atoms with Gasteiger partial charge in [0.05, 0.1) is 24.7 Å². The number of fused-ring (bicyclic) bond motifs is 2. The van der Waals surface area contributed by atoms with Crippen LogP contribution in [0.15, 0.2) is 63.8 Å². The van der Waals surface area contributed by atoms with Gasteiger partial charge < -0.3 is 46.8 Å². The van der Waals surface area contributed by atoms with Crippen LogP contribution in [0.25, 0.3) is 33.4 Å². The summed E-state index contributed by atoms with van der Waals surface area (Å²) in [5.74, 6) is -1.45. The van der Waals surface area contributed by atoms with E-state index >= 15 is 0 Å². The Morgan fingerprint density at radius 3 is 2.56 bits per heavy atom. The first-order valence-corrected chi connectivity index (χ1v) is 13.6. The van der Waals surface area contributed by atoms with Crippen molar-refractivity contribution in [1.29, 1.82) is 0 Å². The number of hydrogen-bond donors (Lipinski definition) is 7. The van der Waals surface area contributed by atoms with Crippen LogP contribution in [0.2, 0.25) is 0 Å². The van der Waals surface area contributed by atoms with Gasteiger partial charge >= 0.3 is 12.1 Å². The Balaban J connectivity index is 1.54. The largest absolute Gasteiger partial charge is 0.508 e. The minimum absolute atomic E-state index is 0.0553. The lowest BCUT2D eigenvalue weighted by Crippen LogP contribution is -2.51. The summed E-state index contributed by atoms with van der Waals surface area (Å²) in [6.45, 7) is 0.365. The number of benzene rings is 3. The Bertz CT molecular complexity index is 1720. The number of ether oxygens (including phenoxy) is 1. The maximum atomic E-state index is 12.5. The van der Waals surface area contributed by atoms with Crippen LogP contribution in [0.3, 0.4) is 0 Å². The van der Waals surface area contributed by atoms with Gasteiger partial charge in [-0.2, -0.15) is 0 Å². The number of carboxylic acids is 1. The summed E-state index contributed by atoms with van der Waals surface area (Å²) in [5.41, 5.74) is 10.4. The molecule has 43 heavy (non-hydrogen) atoms. The van der Waals surface area contributed by atoms with Gasteiger partial charge in [-0.15, -0.1) is 0 Å². The van der Waals surface area contributed by atoms with Crippen LogP contribution < -0.4 is 32.8 Å². The number of amides is 2. The maximum Gasteiger partial charge on any atom is 0.404 e. The SMILES string of the molecule is NC(=O)OC[C@H](CCC[NH3+])NC(=O)CNC(=S)Nc1ccc(-c2c3ccc(=O)cc-3oc3cc(O)ccc23)c(C(=O)O)c1. The van der Waals surface area contributed by atoms with Crippen molar-refractivity contribution in [2.24, 2.45) is 5.73 Å². The minimum atomic E-state index is -1.22. The van der Waals surface area contributed by atoms with Gasteiger partial charge in [0.2, 0.25) is 5.91 Å².